The molecule has 0 spiro atoms. The van der Waals surface area contributed by atoms with E-state index in [4.69, 9.17) is 14.2 Å². The molecule has 2 amide bonds. The van der Waals surface area contributed by atoms with Crippen LogP contribution in [0.15, 0.2) is 42.5 Å². The van der Waals surface area contributed by atoms with E-state index >= 15 is 0 Å². The van der Waals surface area contributed by atoms with Gasteiger partial charge in [-0.05, 0) is 61.9 Å². The van der Waals surface area contributed by atoms with Crippen molar-refractivity contribution in [1.82, 2.24) is 4.90 Å². The van der Waals surface area contributed by atoms with Crippen molar-refractivity contribution in [2.45, 2.75) is 38.1 Å². The van der Waals surface area contributed by atoms with Gasteiger partial charge in [0.25, 0.3) is 0 Å². The fraction of sp³-hybridized carbons (Fsp3) is 0.435. The van der Waals surface area contributed by atoms with Crippen molar-refractivity contribution >= 4 is 11.7 Å². The average Bonchev–Trinajstić information content (AvgIpc) is 2.77. The first kappa shape index (κ1) is 20.8. The monoisotopic (exact) mass is 398 g/mol. The lowest BCUT2D eigenvalue weighted by atomic mass is 9.96. The van der Waals surface area contributed by atoms with Crippen LogP contribution in [0.2, 0.25) is 0 Å². The second kappa shape index (κ2) is 10.0. The predicted octanol–water partition coefficient (Wildman–Crippen LogP) is 4.73. The van der Waals surface area contributed by atoms with Gasteiger partial charge in [0.1, 0.15) is 5.75 Å². The van der Waals surface area contributed by atoms with Crippen LogP contribution in [-0.4, -0.2) is 44.8 Å². The van der Waals surface area contributed by atoms with Gasteiger partial charge in [0, 0.05) is 12.6 Å². The highest BCUT2D eigenvalue weighted by Crippen LogP contribution is 2.30. The molecule has 1 N–H and O–H groups in total. The summed E-state index contributed by atoms with van der Waals surface area (Å²) in [6, 6.07) is 13.6. The summed E-state index contributed by atoms with van der Waals surface area (Å²) in [4.78, 5) is 14.9. The predicted molar refractivity (Wildman–Crippen MR) is 114 cm³/mol. The number of anilines is 1. The number of benzene rings is 2. The molecule has 0 radical (unpaired) electrons. The molecule has 2 aromatic rings. The van der Waals surface area contributed by atoms with Gasteiger partial charge < -0.3 is 24.4 Å². The minimum atomic E-state index is -0.0634. The minimum Gasteiger partial charge on any atom is -0.495 e. The molecule has 2 aromatic carbocycles. The molecule has 1 saturated heterocycles. The van der Waals surface area contributed by atoms with Crippen molar-refractivity contribution in [3.8, 4) is 17.2 Å². The number of rotatable bonds is 7. The van der Waals surface area contributed by atoms with Crippen LogP contribution in [0.1, 0.15) is 31.2 Å². The Morgan fingerprint density at radius 1 is 1.00 bits per heavy atom. The number of nitrogens with one attached hydrogen (secondary N) is 1. The van der Waals surface area contributed by atoms with E-state index in [0.717, 1.165) is 50.1 Å². The number of hydrogen-bond donors (Lipinski definition) is 1. The van der Waals surface area contributed by atoms with E-state index in [1.807, 2.05) is 41.3 Å². The fourth-order valence-electron chi connectivity index (χ4n) is 3.87. The summed E-state index contributed by atoms with van der Waals surface area (Å²) in [6.45, 7) is 0.775. The molecule has 0 saturated carbocycles. The first-order valence-electron chi connectivity index (χ1n) is 10.1. The molecule has 0 bridgehead atoms. The third kappa shape index (κ3) is 5.13. The molecular weight excluding hydrogens is 368 g/mol. The van der Waals surface area contributed by atoms with Crippen LogP contribution in [0, 0.1) is 0 Å². The van der Waals surface area contributed by atoms with E-state index in [0.29, 0.717) is 11.4 Å². The number of hydrogen-bond acceptors (Lipinski definition) is 4. The minimum absolute atomic E-state index is 0.0634. The molecule has 29 heavy (non-hydrogen) atoms. The Balaban J connectivity index is 1.65. The summed E-state index contributed by atoms with van der Waals surface area (Å²) in [6.07, 6.45) is 4.99. The van der Waals surface area contributed by atoms with Crippen molar-refractivity contribution in [2.24, 2.45) is 0 Å². The maximum atomic E-state index is 13.0. The smallest absolute Gasteiger partial charge is 0.322 e. The fourth-order valence-corrected chi connectivity index (χ4v) is 3.87. The quantitative estimate of drug-likeness (QED) is 0.732. The Kier molecular flexibility index (Phi) is 7.22. The van der Waals surface area contributed by atoms with Crippen molar-refractivity contribution in [2.75, 3.05) is 33.2 Å². The zero-order valence-electron chi connectivity index (χ0n) is 17.4. The number of carbonyl (C=O) groups excluding carboxylic acids is 1. The lowest BCUT2D eigenvalue weighted by Gasteiger charge is -2.36. The number of amides is 2. The number of likely N-dealkylation sites (tertiary alicyclic amines) is 1. The number of para-hydroxylation sites is 2. The Hall–Kier alpha value is -2.89. The van der Waals surface area contributed by atoms with Crippen LogP contribution >= 0.6 is 0 Å². The number of piperidine rings is 1. The van der Waals surface area contributed by atoms with E-state index < -0.39 is 0 Å². The highest BCUT2D eigenvalue weighted by molar-refractivity contribution is 5.91. The number of ether oxygens (including phenoxy) is 3. The van der Waals surface area contributed by atoms with Crippen LogP contribution in [-0.2, 0) is 6.42 Å². The van der Waals surface area contributed by atoms with Crippen LogP contribution in [0.5, 0.6) is 17.2 Å². The lowest BCUT2D eigenvalue weighted by molar-refractivity contribution is 0.158. The van der Waals surface area contributed by atoms with Crippen molar-refractivity contribution in [3.05, 3.63) is 48.0 Å². The molecule has 1 atom stereocenters. The van der Waals surface area contributed by atoms with Crippen LogP contribution in [0.4, 0.5) is 10.5 Å². The average molecular weight is 399 g/mol. The summed E-state index contributed by atoms with van der Waals surface area (Å²) in [7, 11) is 4.89. The molecule has 1 heterocycles. The molecule has 1 aliphatic heterocycles. The second-order valence-electron chi connectivity index (χ2n) is 7.20. The highest BCUT2D eigenvalue weighted by atomic mass is 16.5. The molecule has 3 rings (SSSR count). The van der Waals surface area contributed by atoms with Crippen molar-refractivity contribution in [3.63, 3.8) is 0 Å². The molecule has 1 aliphatic rings. The lowest BCUT2D eigenvalue weighted by Crippen LogP contribution is -2.46. The third-order valence-electron chi connectivity index (χ3n) is 5.45. The van der Waals surface area contributed by atoms with E-state index in [1.54, 1.807) is 21.3 Å². The molecule has 0 aliphatic carbocycles. The van der Waals surface area contributed by atoms with E-state index in [9.17, 15) is 4.79 Å². The number of aryl methyl sites for hydroxylation is 1. The van der Waals surface area contributed by atoms with Crippen LogP contribution in [0.25, 0.3) is 0 Å². The maximum absolute atomic E-state index is 13.0. The number of carbonyl (C=O) groups is 1. The van der Waals surface area contributed by atoms with Crippen molar-refractivity contribution in [1.29, 1.82) is 0 Å². The number of methoxy groups -OCH3 is 3. The van der Waals surface area contributed by atoms with Gasteiger partial charge in [0.2, 0.25) is 0 Å². The molecule has 6 nitrogen and oxygen atoms in total. The number of urea groups is 1. The van der Waals surface area contributed by atoms with Gasteiger partial charge in [-0.3, -0.25) is 0 Å². The first-order valence-corrected chi connectivity index (χ1v) is 10.1. The Morgan fingerprint density at radius 2 is 1.76 bits per heavy atom. The summed E-state index contributed by atoms with van der Waals surface area (Å²) in [5.74, 6) is 2.13. The van der Waals surface area contributed by atoms with Gasteiger partial charge in [-0.15, -0.1) is 0 Å². The maximum Gasteiger partial charge on any atom is 0.322 e. The molecule has 1 unspecified atom stereocenters. The van der Waals surface area contributed by atoms with Crippen molar-refractivity contribution < 1.29 is 19.0 Å². The summed E-state index contributed by atoms with van der Waals surface area (Å²) in [5.41, 5.74) is 1.88. The Bertz CT molecular complexity index is 824. The van der Waals surface area contributed by atoms with Crippen LogP contribution in [0.3, 0.4) is 0 Å². The van der Waals surface area contributed by atoms with Gasteiger partial charge in [-0.2, -0.15) is 0 Å². The van der Waals surface area contributed by atoms with E-state index in [-0.39, 0.29) is 12.1 Å². The van der Waals surface area contributed by atoms with Crippen LogP contribution < -0.4 is 19.5 Å². The van der Waals surface area contributed by atoms with E-state index in [1.165, 1.54) is 5.56 Å². The molecule has 1 fully saturated rings. The van der Waals surface area contributed by atoms with Gasteiger partial charge in [0.15, 0.2) is 11.5 Å². The summed E-state index contributed by atoms with van der Waals surface area (Å²) < 4.78 is 16.1. The zero-order valence-corrected chi connectivity index (χ0v) is 17.4. The second-order valence-corrected chi connectivity index (χ2v) is 7.20. The standard InChI is InChI=1S/C23H30N2O4/c1-27-20-10-5-4-9-19(20)24-23(26)25-15-7-6-8-18(25)13-11-17-12-14-21(28-2)22(16-17)29-3/h4-5,9-10,12,14,16,18H,6-8,11,13,15H2,1-3H3,(H,24,26). The van der Waals surface area contributed by atoms with Gasteiger partial charge >= 0.3 is 6.03 Å². The third-order valence-corrected chi connectivity index (χ3v) is 5.45. The van der Waals surface area contributed by atoms with Gasteiger partial charge in [0.05, 0.1) is 27.0 Å². The summed E-state index contributed by atoms with van der Waals surface area (Å²) in [5, 5.41) is 3.02. The Labute approximate surface area is 172 Å². The number of nitrogens with zero attached hydrogens (tertiary/aromatic N) is 1. The van der Waals surface area contributed by atoms with E-state index in [2.05, 4.69) is 11.4 Å². The largest absolute Gasteiger partial charge is 0.495 e. The first-order chi connectivity index (χ1) is 14.2. The normalized spacial score (nSPS) is 16.2. The zero-order chi connectivity index (χ0) is 20.6. The molecule has 156 valence electrons. The van der Waals surface area contributed by atoms with Gasteiger partial charge in [-0.1, -0.05) is 18.2 Å². The molecule has 6 heteroatoms. The molecule has 0 aromatic heterocycles. The Morgan fingerprint density at radius 3 is 2.52 bits per heavy atom. The SMILES string of the molecule is COc1ccccc1NC(=O)N1CCCCC1CCc1ccc(OC)c(OC)c1. The van der Waals surface area contributed by atoms with Gasteiger partial charge in [-0.25, -0.2) is 4.79 Å². The summed E-state index contributed by atoms with van der Waals surface area (Å²) >= 11 is 0. The molecular formula is C23H30N2O4. The highest BCUT2D eigenvalue weighted by Gasteiger charge is 2.27. The topological polar surface area (TPSA) is 60.0 Å².